The van der Waals surface area contributed by atoms with Crippen molar-refractivity contribution >= 4 is 35.2 Å². The monoisotopic (exact) mass is 478 g/mol. The van der Waals surface area contributed by atoms with Crippen LogP contribution in [0.5, 0.6) is 0 Å². The van der Waals surface area contributed by atoms with Gasteiger partial charge in [0.05, 0.1) is 40.7 Å². The first-order chi connectivity index (χ1) is 16.6. The summed E-state index contributed by atoms with van der Waals surface area (Å²) in [5, 5.41) is 0. The van der Waals surface area contributed by atoms with Crippen LogP contribution >= 0.6 is 0 Å². The Bertz CT molecular complexity index is 1410. The molecular formula is C25H19FN2O7. The molecule has 35 heavy (non-hydrogen) atoms. The van der Waals surface area contributed by atoms with Gasteiger partial charge in [-0.25, -0.2) is 18.9 Å². The Balaban J connectivity index is 1.50. The molecule has 0 atom stereocenters. The highest BCUT2D eigenvalue weighted by Crippen LogP contribution is 2.29. The smallest absolute Gasteiger partial charge is 0.339 e. The first-order valence-electron chi connectivity index (χ1n) is 10.4. The SMILES string of the molecule is COC(=O)c1c(C)[nH]c(C(=O)COC(=O)c2ccc3c(c2)C(=O)N(c2ccc(F)cc2)C3=O)c1C. The number of nitrogens with zero attached hydrogens (tertiary/aromatic N) is 1. The van der Waals surface area contributed by atoms with Gasteiger partial charge in [0.15, 0.2) is 6.61 Å². The van der Waals surface area contributed by atoms with E-state index >= 15 is 0 Å². The summed E-state index contributed by atoms with van der Waals surface area (Å²) in [5.41, 5.74) is 1.38. The van der Waals surface area contributed by atoms with Gasteiger partial charge in [-0.15, -0.1) is 0 Å². The number of methoxy groups -OCH3 is 1. The number of halogens is 1. The molecule has 10 heteroatoms. The molecule has 9 nitrogen and oxygen atoms in total. The molecular weight excluding hydrogens is 459 g/mol. The predicted molar refractivity (Wildman–Crippen MR) is 120 cm³/mol. The molecule has 3 aromatic rings. The average Bonchev–Trinajstić information content (AvgIpc) is 3.29. The quantitative estimate of drug-likeness (QED) is 0.327. The summed E-state index contributed by atoms with van der Waals surface area (Å²) >= 11 is 0. The predicted octanol–water partition coefficient (Wildman–Crippen LogP) is 3.40. The molecule has 1 aliphatic rings. The standard InChI is InChI=1S/C25H19FN2O7/c1-12-20(25(33)34-3)13(2)27-21(12)19(29)11-35-24(32)14-4-9-17-18(10-14)23(31)28(22(17)30)16-7-5-15(26)6-8-16/h4-10,27H,11H2,1-3H3. The number of imide groups is 1. The zero-order chi connectivity index (χ0) is 25.4. The lowest BCUT2D eigenvalue weighted by Crippen LogP contribution is -2.29. The van der Waals surface area contributed by atoms with Crippen molar-refractivity contribution in [2.75, 3.05) is 18.6 Å². The van der Waals surface area contributed by atoms with Gasteiger partial charge in [-0.05, 0) is 61.9 Å². The molecule has 2 heterocycles. The van der Waals surface area contributed by atoms with Crippen molar-refractivity contribution in [3.63, 3.8) is 0 Å². The van der Waals surface area contributed by atoms with E-state index in [1.54, 1.807) is 13.8 Å². The molecule has 4 rings (SSSR count). The van der Waals surface area contributed by atoms with Crippen molar-refractivity contribution in [2.24, 2.45) is 0 Å². The summed E-state index contributed by atoms with van der Waals surface area (Å²) < 4.78 is 23.0. The van der Waals surface area contributed by atoms with Gasteiger partial charge in [0.25, 0.3) is 11.8 Å². The van der Waals surface area contributed by atoms with E-state index in [9.17, 15) is 28.4 Å². The minimum atomic E-state index is -0.879. The summed E-state index contributed by atoms with van der Waals surface area (Å²) in [4.78, 5) is 66.3. The number of amides is 2. The van der Waals surface area contributed by atoms with Gasteiger partial charge < -0.3 is 14.5 Å². The lowest BCUT2D eigenvalue weighted by Gasteiger charge is -2.13. The van der Waals surface area contributed by atoms with Crippen LogP contribution < -0.4 is 4.90 Å². The average molecular weight is 478 g/mol. The van der Waals surface area contributed by atoms with E-state index in [-0.39, 0.29) is 33.6 Å². The van der Waals surface area contributed by atoms with Crippen LogP contribution in [0.25, 0.3) is 0 Å². The molecule has 0 unspecified atom stereocenters. The number of ketones is 1. The number of hydrogen-bond acceptors (Lipinski definition) is 7. The third kappa shape index (κ3) is 4.10. The molecule has 0 radical (unpaired) electrons. The second-order valence-corrected chi connectivity index (χ2v) is 7.80. The Morgan fingerprint density at radius 1 is 0.943 bits per heavy atom. The van der Waals surface area contributed by atoms with Gasteiger partial charge >= 0.3 is 11.9 Å². The molecule has 1 N–H and O–H groups in total. The molecule has 178 valence electrons. The third-order valence-corrected chi connectivity index (χ3v) is 5.65. The van der Waals surface area contributed by atoms with Crippen LogP contribution in [-0.2, 0) is 9.47 Å². The second-order valence-electron chi connectivity index (χ2n) is 7.80. The summed E-state index contributed by atoms with van der Waals surface area (Å²) in [7, 11) is 1.23. The van der Waals surface area contributed by atoms with Crippen molar-refractivity contribution in [3.8, 4) is 0 Å². The number of hydrogen-bond donors (Lipinski definition) is 1. The van der Waals surface area contributed by atoms with E-state index in [1.165, 1.54) is 37.4 Å². The molecule has 1 aliphatic heterocycles. The number of fused-ring (bicyclic) bond motifs is 1. The lowest BCUT2D eigenvalue weighted by atomic mass is 10.1. The number of carbonyl (C=O) groups is 5. The summed E-state index contributed by atoms with van der Waals surface area (Å²) in [6.07, 6.45) is 0. The Morgan fingerprint density at radius 3 is 2.26 bits per heavy atom. The molecule has 2 amide bonds. The highest BCUT2D eigenvalue weighted by atomic mass is 19.1. The lowest BCUT2D eigenvalue weighted by molar-refractivity contribution is 0.0473. The van der Waals surface area contributed by atoms with Crippen LogP contribution in [0.2, 0.25) is 0 Å². The molecule has 0 saturated carbocycles. The number of H-pyrrole nitrogens is 1. The summed E-state index contributed by atoms with van der Waals surface area (Å²) in [6.45, 7) is 2.56. The number of aryl methyl sites for hydroxylation is 1. The number of carbonyl (C=O) groups excluding carboxylic acids is 5. The molecule has 0 spiro atoms. The van der Waals surface area contributed by atoms with Crippen LogP contribution in [0.3, 0.4) is 0 Å². The van der Waals surface area contributed by atoms with Crippen molar-refractivity contribution in [3.05, 3.63) is 87.5 Å². The van der Waals surface area contributed by atoms with Crippen molar-refractivity contribution in [2.45, 2.75) is 13.8 Å². The fourth-order valence-electron chi connectivity index (χ4n) is 3.92. The second kappa shape index (κ2) is 8.98. The van der Waals surface area contributed by atoms with Crippen molar-refractivity contribution < 1.29 is 37.8 Å². The molecule has 0 fully saturated rings. The van der Waals surface area contributed by atoms with Crippen LogP contribution in [0.1, 0.15) is 63.2 Å². The van der Waals surface area contributed by atoms with E-state index in [0.717, 1.165) is 17.0 Å². The van der Waals surface area contributed by atoms with E-state index < -0.39 is 42.0 Å². The molecule has 0 bridgehead atoms. The Labute approximate surface area is 198 Å². The molecule has 0 aliphatic carbocycles. The number of rotatable bonds is 6. The number of aromatic amines is 1. The Hall–Kier alpha value is -4.60. The number of Topliss-reactive ketones (excluding diaryl/α,β-unsaturated/α-hetero) is 1. The number of benzene rings is 2. The first-order valence-corrected chi connectivity index (χ1v) is 10.4. The third-order valence-electron chi connectivity index (χ3n) is 5.65. The van der Waals surface area contributed by atoms with Gasteiger partial charge in [0.2, 0.25) is 5.78 Å². The maximum atomic E-state index is 13.2. The zero-order valence-electron chi connectivity index (χ0n) is 18.9. The largest absolute Gasteiger partial charge is 0.465 e. The first kappa shape index (κ1) is 23.6. The van der Waals surface area contributed by atoms with Gasteiger partial charge in [-0.3, -0.25) is 14.4 Å². The topological polar surface area (TPSA) is 123 Å². The van der Waals surface area contributed by atoms with E-state index in [1.807, 2.05) is 0 Å². The fraction of sp³-hybridized carbons (Fsp3) is 0.160. The Morgan fingerprint density at radius 2 is 1.60 bits per heavy atom. The number of anilines is 1. The van der Waals surface area contributed by atoms with E-state index in [4.69, 9.17) is 9.47 Å². The van der Waals surface area contributed by atoms with Gasteiger partial charge in [0.1, 0.15) is 5.82 Å². The number of ether oxygens (including phenoxy) is 2. The Kier molecular flexibility index (Phi) is 6.04. The van der Waals surface area contributed by atoms with Crippen LogP contribution in [0.15, 0.2) is 42.5 Å². The van der Waals surface area contributed by atoms with Crippen LogP contribution in [0, 0.1) is 19.7 Å². The van der Waals surface area contributed by atoms with Crippen LogP contribution in [-0.4, -0.2) is 48.2 Å². The molecule has 2 aromatic carbocycles. The van der Waals surface area contributed by atoms with Gasteiger partial charge in [-0.1, -0.05) is 0 Å². The minimum absolute atomic E-state index is 0.0151. The van der Waals surface area contributed by atoms with E-state index in [2.05, 4.69) is 4.98 Å². The van der Waals surface area contributed by atoms with Gasteiger partial charge in [0, 0.05) is 5.69 Å². The maximum absolute atomic E-state index is 13.2. The normalized spacial score (nSPS) is 12.5. The van der Waals surface area contributed by atoms with Gasteiger partial charge in [-0.2, -0.15) is 0 Å². The van der Waals surface area contributed by atoms with Crippen molar-refractivity contribution in [1.82, 2.24) is 4.98 Å². The fourth-order valence-corrected chi connectivity index (χ4v) is 3.92. The highest BCUT2D eigenvalue weighted by molar-refractivity contribution is 6.34. The van der Waals surface area contributed by atoms with Crippen molar-refractivity contribution in [1.29, 1.82) is 0 Å². The van der Waals surface area contributed by atoms with Crippen LogP contribution in [0.4, 0.5) is 10.1 Å². The summed E-state index contributed by atoms with van der Waals surface area (Å²) in [6, 6.07) is 8.69. The van der Waals surface area contributed by atoms with E-state index in [0.29, 0.717) is 11.3 Å². The number of esters is 2. The number of aromatic nitrogens is 1. The summed E-state index contributed by atoms with van der Waals surface area (Å²) in [5.74, 6) is -3.84. The number of nitrogens with one attached hydrogen (secondary N) is 1. The minimum Gasteiger partial charge on any atom is -0.465 e. The molecule has 1 aromatic heterocycles. The maximum Gasteiger partial charge on any atom is 0.339 e. The highest BCUT2D eigenvalue weighted by Gasteiger charge is 2.37. The molecule has 0 saturated heterocycles. The zero-order valence-corrected chi connectivity index (χ0v) is 18.9.